The number of phenolic OH excluding ortho intramolecular Hbond substituents is 1. The van der Waals surface area contributed by atoms with E-state index in [0.717, 1.165) is 39.6 Å². The van der Waals surface area contributed by atoms with Crippen LogP contribution in [0.4, 0.5) is 0 Å². The van der Waals surface area contributed by atoms with Crippen LogP contribution >= 0.6 is 0 Å². The van der Waals surface area contributed by atoms with Gasteiger partial charge in [-0.15, -0.1) is 0 Å². The molecule has 2 rings (SSSR count). The summed E-state index contributed by atoms with van der Waals surface area (Å²) in [7, 11) is 0. The van der Waals surface area contributed by atoms with E-state index in [1.54, 1.807) is 12.4 Å². The second-order valence-corrected chi connectivity index (χ2v) is 19.7. The standard InChI is InChI=1S/2C21H35NO2.O.V/c2*1-19(2,3)15-10-14(12-22-17(13-23)21(7,8)9)18(24)16(11-15)20(4,5)6;;/h10-12,17,23-24H,13H2,1-9H3;10-12,17,22-23H,13H2,1-9H3;;/b;14-12-;;/t2*17-;;/m11../s1. The molecule has 0 amide bonds. The Morgan fingerprint density at radius 3 is 1.60 bits per heavy atom. The number of phenols is 1. The van der Waals surface area contributed by atoms with Crippen LogP contribution in [0.1, 0.15) is 141 Å². The van der Waals surface area contributed by atoms with Gasteiger partial charge in [0.25, 0.3) is 0 Å². The van der Waals surface area contributed by atoms with Crippen molar-refractivity contribution in [2.45, 2.75) is 148 Å². The van der Waals surface area contributed by atoms with E-state index in [9.17, 15) is 20.1 Å². The zero-order valence-electron chi connectivity index (χ0n) is 34.6. The summed E-state index contributed by atoms with van der Waals surface area (Å²) in [5.74, 6) is 0.346. The molecule has 1 aromatic rings. The van der Waals surface area contributed by atoms with E-state index in [4.69, 9.17) is 3.67 Å². The second kappa shape index (κ2) is 17.9. The fourth-order valence-corrected chi connectivity index (χ4v) is 4.99. The molecule has 4 N–H and O–H groups in total. The number of allylic oxidation sites excluding steroid dienone is 5. The Kier molecular flexibility index (Phi) is 17.1. The number of aromatic hydroxyl groups is 1. The van der Waals surface area contributed by atoms with Gasteiger partial charge >= 0.3 is 21.0 Å². The first-order valence-corrected chi connectivity index (χ1v) is 18.2. The predicted octanol–water partition coefficient (Wildman–Crippen LogP) is 9.09. The number of hydrogen-bond acceptors (Lipinski definition) is 7. The van der Waals surface area contributed by atoms with Crippen LogP contribution in [0, 0.1) is 21.7 Å². The molecular weight excluding hydrogens is 663 g/mol. The molecule has 0 bridgehead atoms. The van der Waals surface area contributed by atoms with Gasteiger partial charge in [-0.3, -0.25) is 9.79 Å². The first kappa shape index (κ1) is 47.7. The van der Waals surface area contributed by atoms with Gasteiger partial charge in [0.05, 0.1) is 25.3 Å². The van der Waals surface area contributed by atoms with Crippen molar-refractivity contribution in [2.24, 2.45) is 26.7 Å². The van der Waals surface area contributed by atoms with Crippen molar-refractivity contribution >= 4 is 12.0 Å². The van der Waals surface area contributed by atoms with Crippen molar-refractivity contribution in [3.05, 3.63) is 63.9 Å². The average Bonchev–Trinajstić information content (AvgIpc) is 2.92. The molecule has 1 aromatic carbocycles. The Labute approximate surface area is 314 Å². The summed E-state index contributed by atoms with van der Waals surface area (Å²) in [6, 6.07) is 3.80. The molecule has 0 fully saturated rings. The van der Waals surface area contributed by atoms with E-state index in [1.165, 1.54) is 5.56 Å². The van der Waals surface area contributed by atoms with Crippen molar-refractivity contribution in [2.75, 3.05) is 13.2 Å². The molecule has 0 spiro atoms. The maximum atomic E-state index is 12.9. The van der Waals surface area contributed by atoms with Crippen LogP contribution in [0.25, 0.3) is 0 Å². The van der Waals surface area contributed by atoms with Crippen molar-refractivity contribution in [3.8, 4) is 5.75 Å². The number of hydrogen-bond donors (Lipinski definition) is 4. The third-order valence-electron chi connectivity index (χ3n) is 8.84. The SMILES string of the molecule is CC(C)(C)C1=C/C(=C/N[C@H](CO)C(C)(C)C)C(=O)C(C(C)(C)C)=C1.CC(C)(C)c1cc(C=N[C@H](CO)C(C)(C)C)c(O)c(C(C)(C)C)c1.[O]=[V]. The molecule has 0 heterocycles. The molecule has 50 heavy (non-hydrogen) atoms. The topological polar surface area (TPSA) is 119 Å². The van der Waals surface area contributed by atoms with Crippen molar-refractivity contribution in [3.63, 3.8) is 0 Å². The van der Waals surface area contributed by atoms with Gasteiger partial charge in [-0.1, -0.05) is 137 Å². The molecule has 2 atom stereocenters. The van der Waals surface area contributed by atoms with E-state index in [2.05, 4.69) is 141 Å². The minimum absolute atomic E-state index is 0.00808. The predicted molar refractivity (Wildman–Crippen MR) is 206 cm³/mol. The summed E-state index contributed by atoms with van der Waals surface area (Å²) in [5.41, 5.74) is 4.82. The molecule has 0 unspecified atom stereocenters. The van der Waals surface area contributed by atoms with E-state index in [-0.39, 0.29) is 69.3 Å². The zero-order chi connectivity index (χ0) is 39.8. The van der Waals surface area contributed by atoms with Gasteiger partial charge in [-0.25, -0.2) is 0 Å². The number of ketones is 1. The van der Waals surface area contributed by atoms with E-state index >= 15 is 0 Å². The van der Waals surface area contributed by atoms with E-state index in [0.29, 0.717) is 5.57 Å². The normalized spacial score (nSPS) is 16.9. The Hall–Kier alpha value is -2.32. The van der Waals surface area contributed by atoms with Crippen molar-refractivity contribution < 1.29 is 41.2 Å². The number of benzene rings is 1. The molecule has 1 aliphatic carbocycles. The number of aliphatic hydroxyl groups is 2. The van der Waals surface area contributed by atoms with Crippen LogP contribution in [0.2, 0.25) is 0 Å². The van der Waals surface area contributed by atoms with E-state index in [1.807, 2.05) is 18.2 Å². The van der Waals surface area contributed by atoms with Crippen LogP contribution in [-0.4, -0.2) is 52.6 Å². The molecular formula is C42H70N2O5V. The fraction of sp³-hybridized carbons (Fsp3) is 0.667. The number of carbonyl (C=O) groups is 1. The fourth-order valence-electron chi connectivity index (χ4n) is 4.99. The summed E-state index contributed by atoms with van der Waals surface area (Å²) in [6.45, 7) is 37.8. The van der Waals surface area contributed by atoms with Gasteiger partial charge in [-0.05, 0) is 55.8 Å². The summed E-state index contributed by atoms with van der Waals surface area (Å²) in [4.78, 5) is 17.5. The Morgan fingerprint density at radius 1 is 0.720 bits per heavy atom. The quantitative estimate of drug-likeness (QED) is 0.171. The maximum absolute atomic E-state index is 12.9. The molecule has 0 saturated carbocycles. The first-order chi connectivity index (χ1) is 22.3. The average molecular weight is 734 g/mol. The number of Topliss-reactive ketones (excluding diaryl/α,β-unsaturated/α-hetero) is 1. The van der Waals surface area contributed by atoms with Gasteiger partial charge < -0.3 is 20.6 Å². The molecule has 283 valence electrons. The van der Waals surface area contributed by atoms with Gasteiger partial charge in [0.1, 0.15) is 5.75 Å². The number of carbonyl (C=O) groups excluding carboxylic acids is 1. The summed E-state index contributed by atoms with van der Waals surface area (Å²) in [5, 5.41) is 33.2. The molecule has 0 radical (unpaired) electrons. The Balaban J connectivity index is 0.000000915. The summed E-state index contributed by atoms with van der Waals surface area (Å²) >= 11 is 1.06. The third kappa shape index (κ3) is 14.4. The zero-order valence-corrected chi connectivity index (χ0v) is 36.0. The van der Waals surface area contributed by atoms with Crippen LogP contribution in [0.5, 0.6) is 5.75 Å². The van der Waals surface area contributed by atoms with Crippen LogP contribution < -0.4 is 5.32 Å². The second-order valence-electron chi connectivity index (χ2n) is 19.7. The van der Waals surface area contributed by atoms with Crippen LogP contribution in [0.3, 0.4) is 0 Å². The Bertz CT molecular complexity index is 1410. The first-order valence-electron chi connectivity index (χ1n) is 17.6. The van der Waals surface area contributed by atoms with Gasteiger partial charge in [0.2, 0.25) is 0 Å². The minimum atomic E-state index is -0.207. The molecule has 0 aromatic heterocycles. The molecule has 0 saturated heterocycles. The molecule has 1 aliphatic rings. The van der Waals surface area contributed by atoms with Crippen LogP contribution in [0.15, 0.2) is 52.2 Å². The van der Waals surface area contributed by atoms with Crippen molar-refractivity contribution in [1.29, 1.82) is 0 Å². The summed E-state index contributed by atoms with van der Waals surface area (Å²) in [6.07, 6.45) is 7.51. The van der Waals surface area contributed by atoms with E-state index < -0.39 is 0 Å². The number of rotatable bonds is 6. The number of nitrogens with zero attached hydrogens (tertiary/aromatic N) is 1. The van der Waals surface area contributed by atoms with Gasteiger partial charge in [0, 0.05) is 34.7 Å². The molecule has 0 aliphatic heterocycles. The number of aliphatic hydroxyl groups excluding tert-OH is 2. The summed E-state index contributed by atoms with van der Waals surface area (Å²) < 4.78 is 8.19. The number of nitrogens with one attached hydrogen (secondary N) is 1. The third-order valence-corrected chi connectivity index (χ3v) is 8.84. The molecule has 7 nitrogen and oxygen atoms in total. The van der Waals surface area contributed by atoms with Gasteiger partial charge in [0.15, 0.2) is 5.78 Å². The Morgan fingerprint density at radius 2 is 1.24 bits per heavy atom. The molecule has 8 heteroatoms. The van der Waals surface area contributed by atoms with Crippen molar-refractivity contribution in [1.82, 2.24) is 5.32 Å². The van der Waals surface area contributed by atoms with Gasteiger partial charge in [-0.2, -0.15) is 0 Å². The number of aliphatic imine (C=N–C) groups is 1. The monoisotopic (exact) mass is 733 g/mol. The van der Waals surface area contributed by atoms with Crippen LogP contribution in [-0.2, 0) is 36.7 Å².